The number of halogens is 3. The van der Waals surface area contributed by atoms with E-state index in [1.165, 1.54) is 0 Å². The second-order valence-corrected chi connectivity index (χ2v) is 22.5. The number of alkyl halides is 3. The molecule has 2 aliphatic heterocycles. The van der Waals surface area contributed by atoms with Gasteiger partial charge in [0.1, 0.15) is 17.5 Å². The molecule has 14 heteroatoms. The zero-order valence-electron chi connectivity index (χ0n) is 29.2. The Labute approximate surface area is 302 Å². The topological polar surface area (TPSA) is 99.2 Å². The van der Waals surface area contributed by atoms with Crippen LogP contribution in [0.1, 0.15) is 63.5 Å². The molecular formula is C37H40F3NO7S2Si. The van der Waals surface area contributed by atoms with Crippen molar-refractivity contribution in [2.75, 3.05) is 0 Å². The maximum Gasteiger partial charge on any atom is 0.523 e. The van der Waals surface area contributed by atoms with Crippen molar-refractivity contribution >= 4 is 42.1 Å². The number of fused-ring (bicyclic) bond motifs is 1. The van der Waals surface area contributed by atoms with Gasteiger partial charge in [-0.2, -0.15) is 21.6 Å². The summed E-state index contributed by atoms with van der Waals surface area (Å²) in [6.45, 7) is 13.2. The summed E-state index contributed by atoms with van der Waals surface area (Å²) in [6, 6.07) is 25.2. The summed E-state index contributed by atoms with van der Waals surface area (Å²) in [5.74, 6) is 3.29. The van der Waals surface area contributed by atoms with Crippen molar-refractivity contribution in [3.63, 3.8) is 0 Å². The summed E-state index contributed by atoms with van der Waals surface area (Å²) in [6.07, 6.45) is -1.91. The van der Waals surface area contributed by atoms with Gasteiger partial charge >= 0.3 is 21.6 Å². The molecule has 2 saturated heterocycles. The summed E-state index contributed by atoms with van der Waals surface area (Å²) in [4.78, 5) is 29.3. The second-order valence-electron chi connectivity index (χ2n) is 14.5. The monoisotopic (exact) mass is 759 g/mol. The summed E-state index contributed by atoms with van der Waals surface area (Å²) in [5, 5.41) is -1.71. The number of carbonyl (C=O) groups is 2. The van der Waals surface area contributed by atoms with Crippen molar-refractivity contribution in [2.24, 2.45) is 0 Å². The van der Waals surface area contributed by atoms with E-state index < -0.39 is 69.8 Å². The third-order valence-corrected chi connectivity index (χ3v) is 16.5. The van der Waals surface area contributed by atoms with Crippen LogP contribution in [0.3, 0.4) is 0 Å². The number of benzene rings is 3. The van der Waals surface area contributed by atoms with E-state index in [2.05, 4.69) is 11.8 Å². The van der Waals surface area contributed by atoms with Crippen LogP contribution in [0, 0.1) is 11.8 Å². The van der Waals surface area contributed by atoms with Gasteiger partial charge in [-0.15, -0.1) is 11.8 Å². The van der Waals surface area contributed by atoms with E-state index in [1.54, 1.807) is 92.7 Å². The largest absolute Gasteiger partial charge is 0.523 e. The average Bonchev–Trinajstić information content (AvgIpc) is 3.33. The van der Waals surface area contributed by atoms with Gasteiger partial charge in [0.05, 0.1) is 0 Å². The Hall–Kier alpha value is -3.61. The molecule has 0 aromatic heterocycles. The van der Waals surface area contributed by atoms with Crippen LogP contribution in [0.2, 0.25) is 18.1 Å². The quantitative estimate of drug-likeness (QED) is 0.0546. The SMILES string of the molecule is CC1(C)S[C@H]2N(C(=O)[C@@]2(C#CC(O[Si](C)(C)C(C)(C)C)c2ccccc2)OS(=O)(=O)C(F)(F)F)[C@H]1C(=O)OC(c1ccccc1)c1ccccc1. The molecule has 2 fully saturated rings. The van der Waals surface area contributed by atoms with Crippen LogP contribution >= 0.6 is 11.8 Å². The predicted octanol–water partition coefficient (Wildman–Crippen LogP) is 7.75. The van der Waals surface area contributed by atoms with Gasteiger partial charge in [0.25, 0.3) is 11.5 Å². The van der Waals surface area contributed by atoms with Gasteiger partial charge in [0, 0.05) is 4.75 Å². The van der Waals surface area contributed by atoms with E-state index >= 15 is 0 Å². The van der Waals surface area contributed by atoms with Crippen LogP contribution in [0.15, 0.2) is 91.0 Å². The first-order valence-electron chi connectivity index (χ1n) is 16.2. The molecule has 2 heterocycles. The number of nitrogens with zero attached hydrogens (tertiary/aromatic N) is 1. The highest BCUT2D eigenvalue weighted by Crippen LogP contribution is 2.57. The fourth-order valence-corrected chi connectivity index (χ4v) is 9.12. The van der Waals surface area contributed by atoms with Crippen molar-refractivity contribution in [2.45, 2.75) is 92.2 Å². The smallest absolute Gasteiger partial charge is 0.451 e. The zero-order chi connectivity index (χ0) is 37.6. The molecule has 3 aromatic carbocycles. The molecule has 2 aliphatic rings. The van der Waals surface area contributed by atoms with Crippen LogP contribution in [0.4, 0.5) is 13.2 Å². The summed E-state index contributed by atoms with van der Waals surface area (Å²) in [5.41, 5.74) is -6.80. The molecule has 272 valence electrons. The number of carbonyl (C=O) groups excluding carboxylic acids is 2. The third-order valence-electron chi connectivity index (χ3n) is 9.40. The van der Waals surface area contributed by atoms with Crippen molar-refractivity contribution in [1.29, 1.82) is 0 Å². The van der Waals surface area contributed by atoms with Gasteiger partial charge < -0.3 is 14.1 Å². The standard InChI is InChI=1S/C37H40F3NO7S2Si/c1-34(2,3)51(6,7)47-28(25-17-11-8-12-18-25)23-24-36(48-50(44,45)37(38,39)40)32(43)41-30(35(4,5)49-33(36)41)31(42)46-29(26-19-13-9-14-20-26)27-21-15-10-16-22-27/h8-22,28-30,33H,1-7H3/t28?,30-,33+,36+/m0/s1. The van der Waals surface area contributed by atoms with E-state index in [9.17, 15) is 31.2 Å². The molecule has 0 spiro atoms. The summed E-state index contributed by atoms with van der Waals surface area (Å²) in [7, 11) is -8.92. The first-order valence-corrected chi connectivity index (χ1v) is 21.4. The molecule has 0 saturated carbocycles. The van der Waals surface area contributed by atoms with Gasteiger partial charge in [0.15, 0.2) is 14.4 Å². The minimum Gasteiger partial charge on any atom is -0.451 e. The van der Waals surface area contributed by atoms with Crippen LogP contribution in [-0.4, -0.2) is 60.8 Å². The summed E-state index contributed by atoms with van der Waals surface area (Å²) >= 11 is 0.912. The van der Waals surface area contributed by atoms with Gasteiger partial charge in [0.2, 0.25) is 0 Å². The number of thioether (sulfide) groups is 1. The molecule has 0 radical (unpaired) electrons. The molecule has 51 heavy (non-hydrogen) atoms. The normalized spacial score (nSPS) is 22.4. The molecule has 1 unspecified atom stereocenters. The molecule has 0 bridgehead atoms. The molecule has 5 rings (SSSR count). The highest BCUT2D eigenvalue weighted by Gasteiger charge is 2.75. The molecule has 0 aliphatic carbocycles. The average molecular weight is 760 g/mol. The van der Waals surface area contributed by atoms with Crippen molar-refractivity contribution < 1.29 is 44.5 Å². The lowest BCUT2D eigenvalue weighted by Crippen LogP contribution is -2.74. The Bertz CT molecular complexity index is 1890. The highest BCUT2D eigenvalue weighted by atomic mass is 32.2. The number of hydrogen-bond donors (Lipinski definition) is 0. The van der Waals surface area contributed by atoms with Crippen molar-refractivity contribution in [3.05, 3.63) is 108 Å². The number of ether oxygens (including phenoxy) is 1. The van der Waals surface area contributed by atoms with E-state index in [0.29, 0.717) is 16.7 Å². The Morgan fingerprint density at radius 2 is 1.35 bits per heavy atom. The zero-order valence-corrected chi connectivity index (χ0v) is 31.9. The number of esters is 1. The Morgan fingerprint density at radius 1 is 0.882 bits per heavy atom. The molecule has 0 N–H and O–H groups in total. The molecule has 4 atom stereocenters. The minimum atomic E-state index is -6.34. The van der Waals surface area contributed by atoms with Crippen LogP contribution in [0.25, 0.3) is 0 Å². The van der Waals surface area contributed by atoms with Gasteiger partial charge in [-0.3, -0.25) is 4.79 Å². The first-order chi connectivity index (χ1) is 23.6. The lowest BCUT2D eigenvalue weighted by molar-refractivity contribution is -0.179. The maximum atomic E-state index is 14.2. The molecular weight excluding hydrogens is 720 g/mol. The van der Waals surface area contributed by atoms with Crippen molar-refractivity contribution in [1.82, 2.24) is 4.90 Å². The minimum absolute atomic E-state index is 0.297. The van der Waals surface area contributed by atoms with Gasteiger partial charge in [-0.25, -0.2) is 8.98 Å². The fourth-order valence-electron chi connectivity index (χ4n) is 5.66. The third kappa shape index (κ3) is 7.50. The lowest BCUT2D eigenvalue weighted by atomic mass is 9.87. The van der Waals surface area contributed by atoms with Crippen LogP contribution in [-0.2, 0) is 33.1 Å². The molecule has 3 aromatic rings. The molecule has 8 nitrogen and oxygen atoms in total. The lowest BCUT2D eigenvalue weighted by Gasteiger charge is -2.49. The van der Waals surface area contributed by atoms with Crippen molar-refractivity contribution in [3.8, 4) is 11.8 Å². The molecule has 1 amide bonds. The predicted molar refractivity (Wildman–Crippen MR) is 191 cm³/mol. The fraction of sp³-hybridized carbons (Fsp3) is 0.405. The van der Waals surface area contributed by atoms with Gasteiger partial charge in [-0.1, -0.05) is 124 Å². The highest BCUT2D eigenvalue weighted by molar-refractivity contribution is 8.01. The Kier molecular flexibility index (Phi) is 10.4. The number of amides is 1. The second kappa shape index (κ2) is 13.7. The Balaban J connectivity index is 1.57. The van der Waals surface area contributed by atoms with Gasteiger partial charge in [-0.05, 0) is 48.7 Å². The first kappa shape index (κ1) is 38.6. The maximum absolute atomic E-state index is 14.2. The Morgan fingerprint density at radius 3 is 1.80 bits per heavy atom. The van der Waals surface area contributed by atoms with Crippen LogP contribution in [0.5, 0.6) is 0 Å². The number of β-lactam (4-membered cyclic amide) rings is 1. The van der Waals surface area contributed by atoms with E-state index in [0.717, 1.165) is 16.7 Å². The summed E-state index contributed by atoms with van der Waals surface area (Å²) < 4.78 is 83.0. The van der Waals surface area contributed by atoms with E-state index in [4.69, 9.17) is 13.3 Å². The number of hydrogen-bond acceptors (Lipinski definition) is 8. The van der Waals surface area contributed by atoms with E-state index in [1.807, 2.05) is 46.0 Å². The number of rotatable bonds is 9. The van der Waals surface area contributed by atoms with E-state index in [-0.39, 0.29) is 5.04 Å². The van der Waals surface area contributed by atoms with Crippen LogP contribution < -0.4 is 0 Å².